The predicted molar refractivity (Wildman–Crippen MR) is 160 cm³/mol. The highest BCUT2D eigenvalue weighted by atomic mass is 28.3. The lowest BCUT2D eigenvalue weighted by Gasteiger charge is -2.15. The number of anilines is 2. The topological polar surface area (TPSA) is 125 Å². The first-order valence-electron chi connectivity index (χ1n) is 13.7. The van der Waals surface area contributed by atoms with Gasteiger partial charge < -0.3 is 39.5 Å². The zero-order valence-corrected chi connectivity index (χ0v) is 25.1. The Kier molecular flexibility index (Phi) is 10.4. The van der Waals surface area contributed by atoms with Gasteiger partial charge in [0.2, 0.25) is 0 Å². The van der Waals surface area contributed by atoms with E-state index in [9.17, 15) is 9.59 Å². The van der Waals surface area contributed by atoms with Crippen LogP contribution in [0.5, 0.6) is 5.75 Å². The standard InChI is InChI=1S/C29H39N5O6Si/c1-37-27-15-23(8-9-25(27)26-17-34(19-31-26)20-39-12-13-41(2,3)4)33-28(35)32-22-7-5-6-21(14-22)16-30-29(36)40-24-10-11-38-18-24/h5-9,14-15,17,19,24H,10-13,16,18,20H2,1-4H3,(H,30,36)(H2,32,33,35)/t24-/m0/s1. The van der Waals surface area contributed by atoms with Gasteiger partial charge in [0.25, 0.3) is 0 Å². The SMILES string of the molecule is COc1cc(NC(=O)Nc2cccc(CNC(=O)O[C@H]3CCOC3)c2)ccc1-c1cn(COCC[Si](C)(C)C)cn1. The van der Waals surface area contributed by atoms with Crippen LogP contribution in [0.15, 0.2) is 55.0 Å². The van der Waals surface area contributed by atoms with E-state index < -0.39 is 20.2 Å². The predicted octanol–water partition coefficient (Wildman–Crippen LogP) is 5.53. The van der Waals surface area contributed by atoms with Crippen LogP contribution in [0.4, 0.5) is 21.0 Å². The number of carbonyl (C=O) groups is 2. The van der Waals surface area contributed by atoms with E-state index in [0.717, 1.165) is 29.5 Å². The maximum absolute atomic E-state index is 12.7. The highest BCUT2D eigenvalue weighted by Crippen LogP contribution is 2.31. The van der Waals surface area contributed by atoms with Crippen molar-refractivity contribution in [2.45, 2.75) is 51.5 Å². The normalized spacial score (nSPS) is 14.9. The number of amides is 3. The van der Waals surface area contributed by atoms with E-state index in [4.69, 9.17) is 18.9 Å². The summed E-state index contributed by atoms with van der Waals surface area (Å²) in [6, 6.07) is 13.3. The lowest BCUT2D eigenvalue weighted by molar-refractivity contribution is 0.0828. The third kappa shape index (κ3) is 9.62. The molecule has 1 aromatic heterocycles. The third-order valence-corrected chi connectivity index (χ3v) is 8.09. The molecule has 2 aromatic carbocycles. The van der Waals surface area contributed by atoms with Gasteiger partial charge >= 0.3 is 12.1 Å². The van der Waals surface area contributed by atoms with Crippen molar-refractivity contribution in [3.63, 3.8) is 0 Å². The molecule has 11 nitrogen and oxygen atoms in total. The minimum Gasteiger partial charge on any atom is -0.496 e. The minimum absolute atomic E-state index is 0.208. The molecule has 1 aliphatic heterocycles. The fourth-order valence-corrected chi connectivity index (χ4v) is 4.88. The molecule has 2 heterocycles. The van der Waals surface area contributed by atoms with Gasteiger partial charge in [0.05, 0.1) is 32.3 Å². The summed E-state index contributed by atoms with van der Waals surface area (Å²) in [4.78, 5) is 29.2. The molecule has 1 atom stereocenters. The molecular formula is C29H39N5O6Si. The van der Waals surface area contributed by atoms with Crippen molar-refractivity contribution in [3.8, 4) is 17.0 Å². The number of urea groups is 1. The van der Waals surface area contributed by atoms with Crippen LogP contribution in [-0.4, -0.2) is 62.8 Å². The van der Waals surface area contributed by atoms with E-state index in [2.05, 4.69) is 40.6 Å². The smallest absolute Gasteiger partial charge is 0.407 e. The summed E-state index contributed by atoms with van der Waals surface area (Å²) in [7, 11) is 0.447. The van der Waals surface area contributed by atoms with Crippen LogP contribution in [0, 0.1) is 0 Å². The largest absolute Gasteiger partial charge is 0.496 e. The first-order chi connectivity index (χ1) is 19.7. The van der Waals surface area contributed by atoms with Crippen molar-refractivity contribution >= 4 is 31.6 Å². The molecule has 0 saturated carbocycles. The lowest BCUT2D eigenvalue weighted by atomic mass is 10.1. The summed E-state index contributed by atoms with van der Waals surface area (Å²) in [5.41, 5.74) is 3.51. The van der Waals surface area contributed by atoms with E-state index in [1.807, 2.05) is 22.9 Å². The van der Waals surface area contributed by atoms with Gasteiger partial charge in [0, 0.05) is 56.8 Å². The molecule has 0 aliphatic carbocycles. The number of methoxy groups -OCH3 is 1. The van der Waals surface area contributed by atoms with Gasteiger partial charge in [-0.3, -0.25) is 0 Å². The van der Waals surface area contributed by atoms with Crippen LogP contribution in [0.1, 0.15) is 12.0 Å². The number of nitrogens with zero attached hydrogens (tertiary/aromatic N) is 2. The third-order valence-electron chi connectivity index (χ3n) is 6.39. The number of imidazole rings is 1. The van der Waals surface area contributed by atoms with Crippen molar-refractivity contribution in [2.24, 2.45) is 0 Å². The second-order valence-electron chi connectivity index (χ2n) is 11.1. The number of benzene rings is 2. The Balaban J connectivity index is 1.29. The van der Waals surface area contributed by atoms with Crippen molar-refractivity contribution < 1.29 is 28.5 Å². The molecule has 1 saturated heterocycles. The van der Waals surface area contributed by atoms with Gasteiger partial charge in [-0.1, -0.05) is 31.8 Å². The van der Waals surface area contributed by atoms with Gasteiger partial charge in [0.15, 0.2) is 0 Å². The van der Waals surface area contributed by atoms with Crippen LogP contribution < -0.4 is 20.7 Å². The fraction of sp³-hybridized carbons (Fsp3) is 0.414. The molecule has 1 aliphatic rings. The summed E-state index contributed by atoms with van der Waals surface area (Å²) >= 11 is 0. The summed E-state index contributed by atoms with van der Waals surface area (Å²) in [6.07, 6.45) is 3.65. The Morgan fingerprint density at radius 1 is 1.12 bits per heavy atom. The number of hydrogen-bond acceptors (Lipinski definition) is 7. The molecule has 3 N–H and O–H groups in total. The number of rotatable bonds is 12. The zero-order valence-electron chi connectivity index (χ0n) is 24.1. The molecule has 3 amide bonds. The highest BCUT2D eigenvalue weighted by molar-refractivity contribution is 6.76. The number of ether oxygens (including phenoxy) is 4. The molecule has 0 spiro atoms. The molecule has 3 aromatic rings. The zero-order chi connectivity index (χ0) is 29.2. The number of aromatic nitrogens is 2. The Labute approximate surface area is 241 Å². The Morgan fingerprint density at radius 3 is 2.66 bits per heavy atom. The van der Waals surface area contributed by atoms with Crippen LogP contribution in [0.2, 0.25) is 25.7 Å². The van der Waals surface area contributed by atoms with Crippen LogP contribution in [0.3, 0.4) is 0 Å². The van der Waals surface area contributed by atoms with E-state index in [1.54, 1.807) is 43.8 Å². The van der Waals surface area contributed by atoms with Crippen LogP contribution in [0.25, 0.3) is 11.3 Å². The Morgan fingerprint density at radius 2 is 1.93 bits per heavy atom. The van der Waals surface area contributed by atoms with Crippen molar-refractivity contribution in [1.29, 1.82) is 0 Å². The molecular weight excluding hydrogens is 542 g/mol. The molecule has 1 fully saturated rings. The number of carbonyl (C=O) groups excluding carboxylic acids is 2. The van der Waals surface area contributed by atoms with Crippen LogP contribution >= 0.6 is 0 Å². The quantitative estimate of drug-likeness (QED) is 0.190. The van der Waals surface area contributed by atoms with Crippen molar-refractivity contribution in [2.75, 3.05) is 37.6 Å². The molecule has 0 bridgehead atoms. The Bertz CT molecular complexity index is 1320. The second-order valence-corrected chi connectivity index (χ2v) is 16.7. The van der Waals surface area contributed by atoms with Gasteiger partial charge in [-0.05, 0) is 35.9 Å². The second kappa shape index (κ2) is 14.2. The van der Waals surface area contributed by atoms with Crippen molar-refractivity contribution in [3.05, 3.63) is 60.6 Å². The van der Waals surface area contributed by atoms with Crippen molar-refractivity contribution in [1.82, 2.24) is 14.9 Å². The number of nitrogens with one attached hydrogen (secondary N) is 3. The van der Waals surface area contributed by atoms with Gasteiger partial charge in [-0.2, -0.15) is 0 Å². The van der Waals surface area contributed by atoms with Gasteiger partial charge in [-0.25, -0.2) is 14.6 Å². The number of hydrogen-bond donors (Lipinski definition) is 3. The molecule has 220 valence electrons. The average molecular weight is 582 g/mol. The van der Waals surface area contributed by atoms with E-state index >= 15 is 0 Å². The average Bonchev–Trinajstić information content (AvgIpc) is 3.62. The first kappa shape index (κ1) is 30.1. The van der Waals surface area contributed by atoms with Gasteiger partial charge in [0.1, 0.15) is 18.6 Å². The Hall–Kier alpha value is -3.87. The van der Waals surface area contributed by atoms with E-state index in [-0.39, 0.29) is 12.6 Å². The highest BCUT2D eigenvalue weighted by Gasteiger charge is 2.19. The lowest BCUT2D eigenvalue weighted by Crippen LogP contribution is -2.28. The molecule has 12 heteroatoms. The maximum Gasteiger partial charge on any atom is 0.407 e. The summed E-state index contributed by atoms with van der Waals surface area (Å²) in [5.74, 6) is 0.580. The fourth-order valence-electron chi connectivity index (χ4n) is 4.12. The minimum atomic E-state index is -1.13. The monoisotopic (exact) mass is 581 g/mol. The van der Waals surface area contributed by atoms with Crippen LogP contribution in [-0.2, 0) is 27.5 Å². The molecule has 4 rings (SSSR count). The summed E-state index contributed by atoms with van der Waals surface area (Å²) in [6.45, 7) is 9.45. The summed E-state index contributed by atoms with van der Waals surface area (Å²) < 4.78 is 23.8. The first-order valence-corrected chi connectivity index (χ1v) is 17.4. The maximum atomic E-state index is 12.7. The van der Waals surface area contributed by atoms with E-state index in [0.29, 0.717) is 43.5 Å². The number of alkyl carbamates (subject to hydrolysis) is 1. The van der Waals surface area contributed by atoms with Gasteiger partial charge in [-0.15, -0.1) is 0 Å². The van der Waals surface area contributed by atoms with E-state index in [1.165, 1.54) is 0 Å². The molecule has 0 unspecified atom stereocenters. The molecule has 41 heavy (non-hydrogen) atoms. The summed E-state index contributed by atoms with van der Waals surface area (Å²) in [5, 5.41) is 8.38. The molecule has 0 radical (unpaired) electrons.